The molecular formula is C21H23FN4O. The van der Waals surface area contributed by atoms with Gasteiger partial charge in [0, 0.05) is 30.1 Å². The molecule has 27 heavy (non-hydrogen) atoms. The zero-order valence-electron chi connectivity index (χ0n) is 15.1. The second-order valence-corrected chi connectivity index (χ2v) is 7.13. The summed E-state index contributed by atoms with van der Waals surface area (Å²) in [6.07, 6.45) is 2.22. The van der Waals surface area contributed by atoms with Crippen molar-refractivity contribution < 1.29 is 9.18 Å². The third kappa shape index (κ3) is 4.17. The van der Waals surface area contributed by atoms with Crippen LogP contribution in [0, 0.1) is 5.82 Å². The van der Waals surface area contributed by atoms with Crippen molar-refractivity contribution in [1.82, 2.24) is 20.4 Å². The molecule has 0 radical (unpaired) electrons. The third-order valence-electron chi connectivity index (χ3n) is 5.10. The molecule has 0 saturated carbocycles. The Bertz CT molecular complexity index is 939. The van der Waals surface area contributed by atoms with Crippen molar-refractivity contribution >= 4 is 16.8 Å². The molecule has 2 N–H and O–H groups in total. The van der Waals surface area contributed by atoms with E-state index in [9.17, 15) is 9.18 Å². The highest BCUT2D eigenvalue weighted by atomic mass is 19.1. The Labute approximate surface area is 157 Å². The minimum Gasteiger partial charge on any atom is -0.352 e. The first kappa shape index (κ1) is 17.7. The van der Waals surface area contributed by atoms with Gasteiger partial charge in [0.25, 0.3) is 0 Å². The predicted octanol–water partition coefficient (Wildman–Crippen LogP) is 3.03. The minimum absolute atomic E-state index is 0.0119. The molecule has 1 fully saturated rings. The number of piperidine rings is 1. The number of hydrogen-bond acceptors (Lipinski definition) is 3. The number of amides is 1. The van der Waals surface area contributed by atoms with Crippen molar-refractivity contribution in [2.24, 2.45) is 0 Å². The van der Waals surface area contributed by atoms with Gasteiger partial charge in [0.15, 0.2) is 0 Å². The number of aromatic amines is 1. The van der Waals surface area contributed by atoms with E-state index >= 15 is 0 Å². The molecule has 2 heterocycles. The van der Waals surface area contributed by atoms with Gasteiger partial charge in [0.2, 0.25) is 5.91 Å². The first-order chi connectivity index (χ1) is 13.2. The van der Waals surface area contributed by atoms with E-state index in [0.717, 1.165) is 42.5 Å². The summed E-state index contributed by atoms with van der Waals surface area (Å²) in [6, 6.07) is 14.7. The number of likely N-dealkylation sites (tertiary alicyclic amines) is 1. The SMILES string of the molecule is O=C(Cc1[nH]nc2ccccc12)N[C@H]1CCCN(Cc2ccccc2F)C1. The van der Waals surface area contributed by atoms with E-state index in [4.69, 9.17) is 0 Å². The Balaban J connectivity index is 1.35. The van der Waals surface area contributed by atoms with Gasteiger partial charge in [0.1, 0.15) is 5.82 Å². The van der Waals surface area contributed by atoms with Crippen LogP contribution in [0.4, 0.5) is 4.39 Å². The first-order valence-electron chi connectivity index (χ1n) is 9.36. The number of benzene rings is 2. The van der Waals surface area contributed by atoms with Crippen molar-refractivity contribution in [2.75, 3.05) is 13.1 Å². The minimum atomic E-state index is -0.171. The Hall–Kier alpha value is -2.73. The number of para-hydroxylation sites is 1. The largest absolute Gasteiger partial charge is 0.352 e. The van der Waals surface area contributed by atoms with Crippen molar-refractivity contribution in [3.63, 3.8) is 0 Å². The molecule has 5 nitrogen and oxygen atoms in total. The number of aromatic nitrogens is 2. The van der Waals surface area contributed by atoms with Gasteiger partial charge in [0.05, 0.1) is 17.6 Å². The average molecular weight is 366 g/mol. The topological polar surface area (TPSA) is 61.0 Å². The Kier molecular flexibility index (Phi) is 5.16. The molecule has 0 spiro atoms. The summed E-state index contributed by atoms with van der Waals surface area (Å²) in [5.74, 6) is -0.183. The van der Waals surface area contributed by atoms with Gasteiger partial charge in [-0.05, 0) is 31.5 Å². The molecule has 1 aromatic heterocycles. The van der Waals surface area contributed by atoms with Crippen LogP contribution in [-0.4, -0.2) is 40.1 Å². The third-order valence-corrected chi connectivity index (χ3v) is 5.10. The summed E-state index contributed by atoms with van der Waals surface area (Å²) in [6.45, 7) is 2.24. The molecule has 3 aromatic rings. The van der Waals surface area contributed by atoms with Gasteiger partial charge in [-0.3, -0.25) is 14.8 Å². The van der Waals surface area contributed by atoms with E-state index in [1.165, 1.54) is 6.07 Å². The zero-order chi connectivity index (χ0) is 18.6. The van der Waals surface area contributed by atoms with E-state index in [2.05, 4.69) is 20.4 Å². The van der Waals surface area contributed by atoms with Crippen LogP contribution in [0.5, 0.6) is 0 Å². The zero-order valence-corrected chi connectivity index (χ0v) is 15.1. The van der Waals surface area contributed by atoms with E-state index in [1.807, 2.05) is 36.4 Å². The van der Waals surface area contributed by atoms with Crippen LogP contribution >= 0.6 is 0 Å². The van der Waals surface area contributed by atoms with E-state index in [-0.39, 0.29) is 24.2 Å². The van der Waals surface area contributed by atoms with Crippen LogP contribution in [0.2, 0.25) is 0 Å². The van der Waals surface area contributed by atoms with Crippen LogP contribution in [-0.2, 0) is 17.8 Å². The molecule has 2 aromatic carbocycles. The van der Waals surface area contributed by atoms with E-state index < -0.39 is 0 Å². The van der Waals surface area contributed by atoms with Gasteiger partial charge >= 0.3 is 0 Å². The summed E-state index contributed by atoms with van der Waals surface area (Å²) in [7, 11) is 0. The number of carbonyl (C=O) groups excluding carboxylic acids is 1. The summed E-state index contributed by atoms with van der Waals surface area (Å²) in [4.78, 5) is 14.7. The molecule has 0 aliphatic carbocycles. The molecule has 1 amide bonds. The first-order valence-corrected chi connectivity index (χ1v) is 9.36. The highest BCUT2D eigenvalue weighted by Gasteiger charge is 2.22. The fourth-order valence-electron chi connectivity index (χ4n) is 3.77. The Morgan fingerprint density at radius 3 is 2.93 bits per heavy atom. The van der Waals surface area contributed by atoms with Gasteiger partial charge in [-0.15, -0.1) is 0 Å². The molecule has 4 rings (SSSR count). The fraction of sp³-hybridized carbons (Fsp3) is 0.333. The van der Waals surface area contributed by atoms with Crippen molar-refractivity contribution in [1.29, 1.82) is 0 Å². The molecule has 0 bridgehead atoms. The molecule has 1 aliphatic rings. The Morgan fingerprint density at radius 1 is 1.22 bits per heavy atom. The number of halogens is 1. The second kappa shape index (κ2) is 7.88. The van der Waals surface area contributed by atoms with Gasteiger partial charge in [-0.2, -0.15) is 5.10 Å². The lowest BCUT2D eigenvalue weighted by Crippen LogP contribution is -2.47. The maximum Gasteiger partial charge on any atom is 0.226 e. The smallest absolute Gasteiger partial charge is 0.226 e. The summed E-state index contributed by atoms with van der Waals surface area (Å²) in [5.41, 5.74) is 2.41. The maximum absolute atomic E-state index is 13.9. The van der Waals surface area contributed by atoms with E-state index in [1.54, 1.807) is 6.07 Å². The van der Waals surface area contributed by atoms with Crippen LogP contribution < -0.4 is 5.32 Å². The molecule has 1 aliphatic heterocycles. The number of carbonyl (C=O) groups is 1. The number of H-pyrrole nitrogens is 1. The van der Waals surface area contributed by atoms with Crippen LogP contribution in [0.1, 0.15) is 24.1 Å². The van der Waals surface area contributed by atoms with Crippen molar-refractivity contribution in [3.8, 4) is 0 Å². The number of nitrogens with zero attached hydrogens (tertiary/aromatic N) is 2. The monoisotopic (exact) mass is 366 g/mol. The van der Waals surface area contributed by atoms with Crippen LogP contribution in [0.25, 0.3) is 10.9 Å². The molecule has 0 unspecified atom stereocenters. The second-order valence-electron chi connectivity index (χ2n) is 7.13. The number of fused-ring (bicyclic) bond motifs is 1. The summed E-state index contributed by atoms with van der Waals surface area (Å²) < 4.78 is 13.9. The van der Waals surface area contributed by atoms with Crippen molar-refractivity contribution in [2.45, 2.75) is 31.8 Å². The standard InChI is InChI=1S/C21H23FN4O/c22-18-9-3-1-6-15(18)13-26-11-5-7-16(14-26)23-21(27)12-20-17-8-2-4-10-19(17)24-25-20/h1-4,6,8-10,16H,5,7,11-14H2,(H,23,27)(H,24,25)/t16-/m0/s1. The number of nitrogens with one attached hydrogen (secondary N) is 2. The Morgan fingerprint density at radius 2 is 2.04 bits per heavy atom. The quantitative estimate of drug-likeness (QED) is 0.730. The molecule has 140 valence electrons. The molecule has 6 heteroatoms. The summed E-state index contributed by atoms with van der Waals surface area (Å²) >= 11 is 0. The van der Waals surface area contributed by atoms with E-state index in [0.29, 0.717) is 12.1 Å². The fourth-order valence-corrected chi connectivity index (χ4v) is 3.77. The maximum atomic E-state index is 13.9. The lowest BCUT2D eigenvalue weighted by atomic mass is 10.0. The van der Waals surface area contributed by atoms with Gasteiger partial charge in [-0.1, -0.05) is 36.4 Å². The van der Waals surface area contributed by atoms with Gasteiger partial charge in [-0.25, -0.2) is 4.39 Å². The molecular weight excluding hydrogens is 343 g/mol. The van der Waals surface area contributed by atoms with Gasteiger partial charge < -0.3 is 5.32 Å². The normalized spacial score (nSPS) is 17.9. The number of hydrogen-bond donors (Lipinski definition) is 2. The lowest BCUT2D eigenvalue weighted by molar-refractivity contribution is -0.121. The lowest BCUT2D eigenvalue weighted by Gasteiger charge is -2.33. The molecule has 1 atom stereocenters. The van der Waals surface area contributed by atoms with Crippen molar-refractivity contribution in [3.05, 3.63) is 65.6 Å². The highest BCUT2D eigenvalue weighted by molar-refractivity contribution is 5.87. The van der Waals surface area contributed by atoms with Crippen LogP contribution in [0.15, 0.2) is 48.5 Å². The molecule has 1 saturated heterocycles. The predicted molar refractivity (Wildman–Crippen MR) is 103 cm³/mol. The summed E-state index contributed by atoms with van der Waals surface area (Å²) in [5, 5.41) is 11.3. The highest BCUT2D eigenvalue weighted by Crippen LogP contribution is 2.17. The average Bonchev–Trinajstić information content (AvgIpc) is 3.07. The van der Waals surface area contributed by atoms with Crippen LogP contribution in [0.3, 0.4) is 0 Å². The number of rotatable bonds is 5.